The summed E-state index contributed by atoms with van der Waals surface area (Å²) < 4.78 is 5.20. The molecule has 2 aromatic carbocycles. The number of piperidine rings is 1. The quantitative estimate of drug-likeness (QED) is 0.252. The fourth-order valence-corrected chi connectivity index (χ4v) is 3.49. The molecule has 0 bridgehead atoms. The second-order valence-electron chi connectivity index (χ2n) is 7.46. The van der Waals surface area contributed by atoms with Crippen molar-refractivity contribution in [2.24, 2.45) is 10.9 Å². The Labute approximate surface area is 191 Å². The number of nitrogens with zero attached hydrogens (tertiary/aromatic N) is 2. The lowest BCUT2D eigenvalue weighted by Gasteiger charge is -2.32. The van der Waals surface area contributed by atoms with Gasteiger partial charge in [0.05, 0.1) is 6.04 Å². The van der Waals surface area contributed by atoms with Crippen LogP contribution in [0.3, 0.4) is 0 Å². The van der Waals surface area contributed by atoms with E-state index >= 15 is 0 Å². The third kappa shape index (κ3) is 6.70. The summed E-state index contributed by atoms with van der Waals surface area (Å²) in [5, 5.41) is 15.5. The molecule has 1 heterocycles. The van der Waals surface area contributed by atoms with Crippen molar-refractivity contribution in [3.8, 4) is 0 Å². The lowest BCUT2D eigenvalue weighted by atomic mass is 10.0. The first-order chi connectivity index (χ1) is 16.0. The highest BCUT2D eigenvalue weighted by Gasteiger charge is 2.31. The number of benzene rings is 2. The minimum absolute atomic E-state index is 0.0288. The first-order valence-electron chi connectivity index (χ1n) is 10.5. The van der Waals surface area contributed by atoms with E-state index in [1.165, 1.54) is 4.90 Å². The number of amides is 2. The fourth-order valence-electron chi connectivity index (χ4n) is 3.49. The topological polar surface area (TPSA) is 144 Å². The van der Waals surface area contributed by atoms with Crippen LogP contribution in [0.25, 0.3) is 0 Å². The predicted molar refractivity (Wildman–Crippen MR) is 119 cm³/mol. The molecule has 0 radical (unpaired) electrons. The molecular formula is C23H26N4O6. The number of ether oxygens (including phenoxy) is 1. The Morgan fingerprint density at radius 1 is 1.09 bits per heavy atom. The number of nitrogens with one attached hydrogen (secondary N) is 1. The highest BCUT2D eigenvalue weighted by atomic mass is 16.7. The van der Waals surface area contributed by atoms with Crippen LogP contribution >= 0.6 is 0 Å². The van der Waals surface area contributed by atoms with Gasteiger partial charge in [0, 0.05) is 6.54 Å². The average molecular weight is 454 g/mol. The zero-order valence-corrected chi connectivity index (χ0v) is 17.9. The van der Waals surface area contributed by atoms with E-state index in [0.717, 1.165) is 18.4 Å². The van der Waals surface area contributed by atoms with E-state index in [1.807, 2.05) is 18.2 Å². The van der Waals surface area contributed by atoms with Gasteiger partial charge in [0.1, 0.15) is 6.61 Å². The zero-order chi connectivity index (χ0) is 23.6. The van der Waals surface area contributed by atoms with Crippen molar-refractivity contribution >= 4 is 24.0 Å². The maximum absolute atomic E-state index is 12.8. The van der Waals surface area contributed by atoms with Crippen LogP contribution in [0.1, 0.15) is 36.4 Å². The average Bonchev–Trinajstić information content (AvgIpc) is 2.85. The lowest BCUT2D eigenvalue weighted by molar-refractivity contribution is -0.146. The molecule has 1 fully saturated rings. The van der Waals surface area contributed by atoms with Crippen LogP contribution in [-0.4, -0.2) is 46.6 Å². The second kappa shape index (κ2) is 11.5. The normalized spacial score (nSPS) is 17.0. The van der Waals surface area contributed by atoms with Crippen molar-refractivity contribution in [2.45, 2.75) is 38.0 Å². The van der Waals surface area contributed by atoms with Gasteiger partial charge < -0.3 is 25.7 Å². The molecule has 33 heavy (non-hydrogen) atoms. The number of rotatable bonds is 7. The first-order valence-corrected chi connectivity index (χ1v) is 10.5. The molecule has 1 aliphatic rings. The van der Waals surface area contributed by atoms with Gasteiger partial charge in [-0.3, -0.25) is 4.90 Å². The van der Waals surface area contributed by atoms with Crippen LogP contribution in [0, 0.1) is 0 Å². The number of carbonyl (C=O) groups excluding carboxylic acids is 2. The van der Waals surface area contributed by atoms with Crippen LogP contribution in [-0.2, 0) is 21.0 Å². The largest absolute Gasteiger partial charge is 0.465 e. The van der Waals surface area contributed by atoms with Gasteiger partial charge in [0.25, 0.3) is 0 Å². The van der Waals surface area contributed by atoms with E-state index < -0.39 is 30.2 Å². The van der Waals surface area contributed by atoms with Gasteiger partial charge in [-0.25, -0.2) is 14.4 Å². The molecule has 10 heteroatoms. The van der Waals surface area contributed by atoms with Crippen LogP contribution in [0.15, 0.2) is 65.8 Å². The van der Waals surface area contributed by atoms with Crippen molar-refractivity contribution in [1.29, 1.82) is 0 Å². The highest BCUT2D eigenvalue weighted by molar-refractivity contribution is 5.89. The molecule has 0 spiro atoms. The molecule has 0 aromatic heterocycles. The Kier molecular flexibility index (Phi) is 8.23. The monoisotopic (exact) mass is 454 g/mol. The molecule has 0 aliphatic carbocycles. The van der Waals surface area contributed by atoms with Gasteiger partial charge in [0.15, 0.2) is 11.9 Å². The molecule has 3 rings (SSSR count). The Morgan fingerprint density at radius 3 is 2.42 bits per heavy atom. The van der Waals surface area contributed by atoms with E-state index in [2.05, 4.69) is 10.5 Å². The van der Waals surface area contributed by atoms with Crippen LogP contribution in [0.2, 0.25) is 0 Å². The summed E-state index contributed by atoms with van der Waals surface area (Å²) in [5.74, 6) is -1.01. The van der Waals surface area contributed by atoms with E-state index in [1.54, 1.807) is 42.5 Å². The standard InChI is InChI=1S/C23H26N4O6/c24-20(18-13-7-8-14-27(18)23(30)31)26-33-21(28)19(17-11-5-2-6-12-17)25-22(29)32-15-16-9-3-1-4-10-16/h1-6,9-12,18-19H,7-8,13-15H2,(H2,24,26)(H,25,29)(H,30,31)/t18-,19+/m0/s1. The number of hydrogen-bond acceptors (Lipinski definition) is 6. The molecule has 0 unspecified atom stereocenters. The van der Waals surface area contributed by atoms with Crippen LogP contribution < -0.4 is 11.1 Å². The van der Waals surface area contributed by atoms with E-state index in [4.69, 9.17) is 15.3 Å². The summed E-state index contributed by atoms with van der Waals surface area (Å²) in [6.07, 6.45) is 0.0481. The minimum atomic E-state index is -1.20. The summed E-state index contributed by atoms with van der Waals surface area (Å²) in [4.78, 5) is 42.7. The zero-order valence-electron chi connectivity index (χ0n) is 17.9. The van der Waals surface area contributed by atoms with Crippen molar-refractivity contribution < 1.29 is 29.1 Å². The van der Waals surface area contributed by atoms with Crippen molar-refractivity contribution in [3.05, 3.63) is 71.8 Å². The SMILES string of the molecule is N/C(=N\OC(=O)[C@H](NC(=O)OCc1ccccc1)c1ccccc1)[C@@H]1CCCCN1C(=O)O. The van der Waals surface area contributed by atoms with Crippen molar-refractivity contribution in [2.75, 3.05) is 6.54 Å². The number of amidine groups is 1. The molecule has 4 N–H and O–H groups in total. The number of carbonyl (C=O) groups is 3. The molecule has 2 aromatic rings. The highest BCUT2D eigenvalue weighted by Crippen LogP contribution is 2.19. The van der Waals surface area contributed by atoms with Gasteiger partial charge in [0.2, 0.25) is 0 Å². The number of carboxylic acid groups (broad SMARTS) is 1. The molecule has 0 saturated carbocycles. The first kappa shape index (κ1) is 23.6. The predicted octanol–water partition coefficient (Wildman–Crippen LogP) is 3.00. The van der Waals surface area contributed by atoms with E-state index in [0.29, 0.717) is 18.5 Å². The second-order valence-corrected chi connectivity index (χ2v) is 7.46. The van der Waals surface area contributed by atoms with Gasteiger partial charge in [-0.2, -0.15) is 0 Å². The Balaban J connectivity index is 1.67. The Hall–Kier alpha value is -4.08. The number of likely N-dealkylation sites (tertiary alicyclic amines) is 1. The number of oxime groups is 1. The Bertz CT molecular complexity index is 983. The van der Waals surface area contributed by atoms with Gasteiger partial charge >= 0.3 is 18.2 Å². The third-order valence-electron chi connectivity index (χ3n) is 5.17. The smallest absolute Gasteiger partial charge is 0.408 e. The number of alkyl carbamates (subject to hydrolysis) is 1. The molecule has 1 saturated heterocycles. The fraction of sp³-hybridized carbons (Fsp3) is 0.304. The summed E-state index contributed by atoms with van der Waals surface area (Å²) in [6, 6.07) is 15.7. The van der Waals surface area contributed by atoms with Gasteiger partial charge in [-0.1, -0.05) is 65.8 Å². The maximum atomic E-state index is 12.8. The van der Waals surface area contributed by atoms with Crippen LogP contribution in [0.5, 0.6) is 0 Å². The maximum Gasteiger partial charge on any atom is 0.408 e. The summed E-state index contributed by atoms with van der Waals surface area (Å²) in [5.41, 5.74) is 7.18. The number of hydrogen-bond donors (Lipinski definition) is 3. The van der Waals surface area contributed by atoms with E-state index in [9.17, 15) is 19.5 Å². The van der Waals surface area contributed by atoms with Gasteiger partial charge in [-0.15, -0.1) is 0 Å². The van der Waals surface area contributed by atoms with Crippen molar-refractivity contribution in [1.82, 2.24) is 10.2 Å². The summed E-state index contributed by atoms with van der Waals surface area (Å²) in [7, 11) is 0. The van der Waals surface area contributed by atoms with Gasteiger partial charge in [-0.05, 0) is 30.4 Å². The molecule has 2 amide bonds. The van der Waals surface area contributed by atoms with E-state index in [-0.39, 0.29) is 12.4 Å². The lowest BCUT2D eigenvalue weighted by Crippen LogP contribution is -2.50. The van der Waals surface area contributed by atoms with Crippen LogP contribution in [0.4, 0.5) is 9.59 Å². The molecule has 2 atom stereocenters. The summed E-state index contributed by atoms with van der Waals surface area (Å²) >= 11 is 0. The van der Waals surface area contributed by atoms with Crippen molar-refractivity contribution in [3.63, 3.8) is 0 Å². The third-order valence-corrected chi connectivity index (χ3v) is 5.17. The summed E-state index contributed by atoms with van der Waals surface area (Å²) in [6.45, 7) is 0.354. The Morgan fingerprint density at radius 2 is 1.76 bits per heavy atom. The molecular weight excluding hydrogens is 428 g/mol. The molecule has 1 aliphatic heterocycles. The molecule has 10 nitrogen and oxygen atoms in total. The number of nitrogens with two attached hydrogens (primary N) is 1. The molecule has 174 valence electrons. The minimum Gasteiger partial charge on any atom is -0.465 e.